The van der Waals surface area contributed by atoms with Gasteiger partial charge in [-0.3, -0.25) is 0 Å². The first-order valence-corrected chi connectivity index (χ1v) is 10.6. The zero-order chi connectivity index (χ0) is 18.4. The number of aliphatic hydroxyl groups is 1. The van der Waals surface area contributed by atoms with Crippen LogP contribution in [0.3, 0.4) is 0 Å². The van der Waals surface area contributed by atoms with Crippen LogP contribution < -0.4 is 10.2 Å². The van der Waals surface area contributed by atoms with Crippen LogP contribution in [0.15, 0.2) is 46.0 Å². The maximum absolute atomic E-state index is 9.42. The van der Waals surface area contributed by atoms with Gasteiger partial charge in [0.25, 0.3) is 0 Å². The monoisotopic (exact) mass is 436 g/mol. The second-order valence-electron chi connectivity index (χ2n) is 6.66. The van der Waals surface area contributed by atoms with Crippen molar-refractivity contribution in [2.75, 3.05) is 36.5 Å². The van der Waals surface area contributed by atoms with E-state index in [1.54, 1.807) is 6.33 Å². The molecule has 5 nitrogen and oxygen atoms in total. The minimum absolute atomic E-state index is 0.248. The molecule has 2 unspecified atom stereocenters. The van der Waals surface area contributed by atoms with Crippen LogP contribution in [0.2, 0.25) is 0 Å². The number of anilines is 2. The molecule has 1 fully saturated rings. The minimum Gasteiger partial charge on any atom is -0.396 e. The van der Waals surface area contributed by atoms with E-state index in [4.69, 9.17) is 0 Å². The van der Waals surface area contributed by atoms with Crippen molar-refractivity contribution in [1.82, 2.24) is 9.97 Å². The lowest BCUT2D eigenvalue weighted by Crippen LogP contribution is -2.37. The topological polar surface area (TPSA) is 61.3 Å². The standard InChI is InChI=1S/C19H25BrN4OS/c1-14(26-17-6-4-16(20)5-7-17)10-21-18-9-19(23-13-22-18)24-8-2-3-15(11-24)12-25/h4-7,9,13-15,25H,2-3,8,10-12H2,1H3,(H,21,22,23). The van der Waals surface area contributed by atoms with Crippen molar-refractivity contribution in [3.05, 3.63) is 41.1 Å². The Morgan fingerprint density at radius 1 is 1.35 bits per heavy atom. The number of aromatic nitrogens is 2. The van der Waals surface area contributed by atoms with Crippen LogP contribution in [0.25, 0.3) is 0 Å². The summed E-state index contributed by atoms with van der Waals surface area (Å²) in [6.07, 6.45) is 3.81. The van der Waals surface area contributed by atoms with Gasteiger partial charge in [0, 0.05) is 46.9 Å². The molecule has 26 heavy (non-hydrogen) atoms. The molecule has 7 heteroatoms. The lowest BCUT2D eigenvalue weighted by molar-refractivity contribution is 0.208. The SMILES string of the molecule is CC(CNc1cc(N2CCCC(CO)C2)ncn1)Sc1ccc(Br)cc1. The average molecular weight is 437 g/mol. The third-order valence-corrected chi connectivity index (χ3v) is 6.12. The molecule has 140 valence electrons. The van der Waals surface area contributed by atoms with Crippen molar-refractivity contribution >= 4 is 39.3 Å². The Labute approximate surface area is 167 Å². The molecule has 1 aliphatic heterocycles. The van der Waals surface area contributed by atoms with E-state index in [2.05, 4.69) is 67.3 Å². The lowest BCUT2D eigenvalue weighted by Gasteiger charge is -2.32. The number of nitrogens with one attached hydrogen (secondary N) is 1. The molecule has 0 spiro atoms. The molecule has 0 saturated carbocycles. The summed E-state index contributed by atoms with van der Waals surface area (Å²) in [4.78, 5) is 12.3. The molecule has 2 heterocycles. The first kappa shape index (κ1) is 19.5. The van der Waals surface area contributed by atoms with Gasteiger partial charge in [0.1, 0.15) is 18.0 Å². The van der Waals surface area contributed by atoms with Crippen LogP contribution in [-0.2, 0) is 0 Å². The third kappa shape index (κ3) is 5.59. The number of hydrogen-bond acceptors (Lipinski definition) is 6. The molecule has 2 N–H and O–H groups in total. The van der Waals surface area contributed by atoms with Crippen molar-refractivity contribution in [2.45, 2.75) is 29.9 Å². The average Bonchev–Trinajstić information content (AvgIpc) is 2.68. The number of hydrogen-bond donors (Lipinski definition) is 2. The molecular formula is C19H25BrN4OS. The number of benzene rings is 1. The quantitative estimate of drug-likeness (QED) is 0.638. The van der Waals surface area contributed by atoms with E-state index in [-0.39, 0.29) is 6.61 Å². The molecule has 2 aromatic rings. The summed E-state index contributed by atoms with van der Waals surface area (Å²) in [5.74, 6) is 2.13. The Hall–Kier alpha value is -1.31. The van der Waals surface area contributed by atoms with E-state index in [0.29, 0.717) is 11.2 Å². The van der Waals surface area contributed by atoms with Gasteiger partial charge in [-0.2, -0.15) is 0 Å². The highest BCUT2D eigenvalue weighted by atomic mass is 79.9. The zero-order valence-electron chi connectivity index (χ0n) is 14.9. The summed E-state index contributed by atoms with van der Waals surface area (Å²) >= 11 is 5.31. The Morgan fingerprint density at radius 2 is 2.15 bits per heavy atom. The number of aliphatic hydroxyl groups excluding tert-OH is 1. The van der Waals surface area contributed by atoms with Gasteiger partial charge in [-0.1, -0.05) is 22.9 Å². The van der Waals surface area contributed by atoms with Crippen molar-refractivity contribution in [3.63, 3.8) is 0 Å². The van der Waals surface area contributed by atoms with Gasteiger partial charge in [-0.15, -0.1) is 11.8 Å². The predicted molar refractivity (Wildman–Crippen MR) is 112 cm³/mol. The smallest absolute Gasteiger partial charge is 0.134 e. The van der Waals surface area contributed by atoms with E-state index in [9.17, 15) is 5.11 Å². The maximum atomic E-state index is 9.42. The van der Waals surface area contributed by atoms with Gasteiger partial charge in [-0.05, 0) is 43.0 Å². The second kappa shape index (κ2) is 9.58. The highest BCUT2D eigenvalue weighted by Crippen LogP contribution is 2.26. The van der Waals surface area contributed by atoms with Gasteiger partial charge in [-0.25, -0.2) is 9.97 Å². The van der Waals surface area contributed by atoms with Crippen LogP contribution in [0.5, 0.6) is 0 Å². The Kier molecular flexibility index (Phi) is 7.16. The van der Waals surface area contributed by atoms with E-state index in [1.807, 2.05) is 17.8 Å². The highest BCUT2D eigenvalue weighted by Gasteiger charge is 2.20. The largest absolute Gasteiger partial charge is 0.396 e. The minimum atomic E-state index is 0.248. The fourth-order valence-corrected chi connectivity index (χ4v) is 4.26. The fourth-order valence-electron chi connectivity index (χ4n) is 3.07. The van der Waals surface area contributed by atoms with Crippen LogP contribution >= 0.6 is 27.7 Å². The first-order valence-electron chi connectivity index (χ1n) is 8.98. The molecule has 0 aliphatic carbocycles. The molecular weight excluding hydrogens is 412 g/mol. The number of halogens is 1. The molecule has 1 saturated heterocycles. The van der Waals surface area contributed by atoms with E-state index >= 15 is 0 Å². The van der Waals surface area contributed by atoms with Crippen LogP contribution in [0.4, 0.5) is 11.6 Å². The van der Waals surface area contributed by atoms with Crippen molar-refractivity contribution in [1.29, 1.82) is 0 Å². The van der Waals surface area contributed by atoms with E-state index < -0.39 is 0 Å². The Bertz CT molecular complexity index is 700. The van der Waals surface area contributed by atoms with Crippen LogP contribution in [0, 0.1) is 5.92 Å². The fraction of sp³-hybridized carbons (Fsp3) is 0.474. The number of piperidine rings is 1. The molecule has 2 atom stereocenters. The lowest BCUT2D eigenvalue weighted by atomic mass is 9.99. The van der Waals surface area contributed by atoms with Crippen LogP contribution in [0.1, 0.15) is 19.8 Å². The van der Waals surface area contributed by atoms with Crippen molar-refractivity contribution < 1.29 is 5.11 Å². The summed E-state index contributed by atoms with van der Waals surface area (Å²) in [5, 5.41) is 13.3. The second-order valence-corrected chi connectivity index (χ2v) is 9.09. The van der Waals surface area contributed by atoms with E-state index in [1.165, 1.54) is 4.90 Å². The maximum Gasteiger partial charge on any atom is 0.134 e. The van der Waals surface area contributed by atoms with Gasteiger partial charge in [0.15, 0.2) is 0 Å². The van der Waals surface area contributed by atoms with Crippen LogP contribution in [-0.4, -0.2) is 46.6 Å². The highest BCUT2D eigenvalue weighted by molar-refractivity contribution is 9.10. The van der Waals surface area contributed by atoms with Gasteiger partial charge in [0.2, 0.25) is 0 Å². The zero-order valence-corrected chi connectivity index (χ0v) is 17.3. The number of rotatable bonds is 7. The van der Waals surface area contributed by atoms with Gasteiger partial charge >= 0.3 is 0 Å². The number of thioether (sulfide) groups is 1. The molecule has 1 aromatic carbocycles. The molecule has 3 rings (SSSR count). The van der Waals surface area contributed by atoms with Crippen molar-refractivity contribution in [3.8, 4) is 0 Å². The predicted octanol–water partition coefficient (Wildman–Crippen LogP) is 4.04. The first-order chi connectivity index (χ1) is 12.6. The molecule has 0 radical (unpaired) electrons. The van der Waals surface area contributed by atoms with Crippen molar-refractivity contribution in [2.24, 2.45) is 5.92 Å². The van der Waals surface area contributed by atoms with Gasteiger partial charge < -0.3 is 15.3 Å². The molecule has 1 aliphatic rings. The van der Waals surface area contributed by atoms with E-state index in [0.717, 1.165) is 48.6 Å². The Balaban J connectivity index is 1.54. The third-order valence-electron chi connectivity index (χ3n) is 4.48. The number of nitrogens with zero attached hydrogens (tertiary/aromatic N) is 3. The summed E-state index contributed by atoms with van der Waals surface area (Å²) in [5.41, 5.74) is 0. The van der Waals surface area contributed by atoms with Gasteiger partial charge in [0.05, 0.1) is 0 Å². The summed E-state index contributed by atoms with van der Waals surface area (Å²) < 4.78 is 1.10. The Morgan fingerprint density at radius 3 is 2.92 bits per heavy atom. The summed E-state index contributed by atoms with van der Waals surface area (Å²) in [6, 6.07) is 10.4. The molecule has 0 bridgehead atoms. The normalized spacial score (nSPS) is 18.6. The molecule has 0 amide bonds. The summed E-state index contributed by atoms with van der Waals surface area (Å²) in [7, 11) is 0. The molecule has 1 aromatic heterocycles. The summed E-state index contributed by atoms with van der Waals surface area (Å²) in [6.45, 7) is 5.14.